The molecule has 0 bridgehead atoms. The Hall–Kier alpha value is -1.26. The van der Waals surface area contributed by atoms with E-state index in [0.717, 1.165) is 37.6 Å². The number of rotatable bonds is 3. The zero-order chi connectivity index (χ0) is 13.8. The summed E-state index contributed by atoms with van der Waals surface area (Å²) in [6, 6.07) is 7.09. The van der Waals surface area contributed by atoms with E-state index >= 15 is 0 Å². The number of hydrogen-bond acceptors (Lipinski definition) is 4. The Labute approximate surface area is 120 Å². The first-order chi connectivity index (χ1) is 9.83. The van der Waals surface area contributed by atoms with Gasteiger partial charge in [0.2, 0.25) is 0 Å². The molecule has 2 aliphatic heterocycles. The molecule has 20 heavy (non-hydrogen) atoms. The molecule has 1 aromatic carbocycles. The van der Waals surface area contributed by atoms with E-state index in [0.29, 0.717) is 25.3 Å². The third-order valence-corrected chi connectivity index (χ3v) is 4.00. The lowest BCUT2D eigenvalue weighted by molar-refractivity contribution is 0.142. The Bertz CT molecular complexity index is 441. The summed E-state index contributed by atoms with van der Waals surface area (Å²) in [5, 5.41) is 3.71. The molecule has 4 heteroatoms. The third-order valence-electron chi connectivity index (χ3n) is 4.00. The fourth-order valence-electron chi connectivity index (χ4n) is 2.85. The molecular formula is C16H23NO3. The summed E-state index contributed by atoms with van der Waals surface area (Å²) >= 11 is 0. The maximum Gasteiger partial charge on any atom is 0.161 e. The van der Waals surface area contributed by atoms with E-state index in [1.807, 2.05) is 6.07 Å². The lowest BCUT2D eigenvalue weighted by atomic mass is 10.0. The standard InChI is InChI=1S/C16H23NO3/c1-12(17-14-3-2-7-18-8-6-14)13-4-5-15-16(11-13)20-10-9-19-15/h4-5,11-12,14,17H,2-3,6-10H2,1H3. The summed E-state index contributed by atoms with van der Waals surface area (Å²) in [6.07, 6.45) is 3.43. The summed E-state index contributed by atoms with van der Waals surface area (Å²) in [5.41, 5.74) is 1.25. The van der Waals surface area contributed by atoms with Gasteiger partial charge in [0.1, 0.15) is 13.2 Å². The molecule has 0 radical (unpaired) electrons. The Balaban J connectivity index is 1.65. The van der Waals surface area contributed by atoms with Crippen molar-refractivity contribution in [3.8, 4) is 11.5 Å². The molecule has 1 saturated heterocycles. The zero-order valence-electron chi connectivity index (χ0n) is 12.1. The summed E-state index contributed by atoms with van der Waals surface area (Å²) in [6.45, 7) is 5.25. The van der Waals surface area contributed by atoms with Gasteiger partial charge in [-0.2, -0.15) is 0 Å². The van der Waals surface area contributed by atoms with Gasteiger partial charge >= 0.3 is 0 Å². The average molecular weight is 277 g/mol. The molecule has 0 amide bonds. The minimum absolute atomic E-state index is 0.314. The highest BCUT2D eigenvalue weighted by atomic mass is 16.6. The summed E-state index contributed by atoms with van der Waals surface area (Å²) in [7, 11) is 0. The van der Waals surface area contributed by atoms with Crippen LogP contribution in [0.5, 0.6) is 11.5 Å². The molecule has 2 unspecified atom stereocenters. The van der Waals surface area contributed by atoms with Gasteiger partial charge in [-0.05, 0) is 43.9 Å². The molecule has 1 aromatic rings. The Morgan fingerprint density at radius 2 is 1.90 bits per heavy atom. The Kier molecular flexibility index (Phi) is 4.43. The molecule has 1 N–H and O–H groups in total. The first-order valence-corrected chi connectivity index (χ1v) is 7.56. The van der Waals surface area contributed by atoms with Crippen molar-refractivity contribution in [1.29, 1.82) is 0 Å². The molecule has 110 valence electrons. The van der Waals surface area contributed by atoms with Gasteiger partial charge in [0.15, 0.2) is 11.5 Å². The minimum atomic E-state index is 0.314. The Morgan fingerprint density at radius 1 is 1.05 bits per heavy atom. The van der Waals surface area contributed by atoms with Crippen molar-refractivity contribution in [1.82, 2.24) is 5.32 Å². The van der Waals surface area contributed by atoms with E-state index < -0.39 is 0 Å². The molecule has 0 aliphatic carbocycles. The maximum atomic E-state index is 5.65. The van der Waals surface area contributed by atoms with E-state index in [4.69, 9.17) is 14.2 Å². The van der Waals surface area contributed by atoms with Crippen LogP contribution >= 0.6 is 0 Å². The van der Waals surface area contributed by atoms with Crippen molar-refractivity contribution in [2.75, 3.05) is 26.4 Å². The van der Waals surface area contributed by atoms with Crippen LogP contribution in [0.25, 0.3) is 0 Å². The van der Waals surface area contributed by atoms with Crippen molar-refractivity contribution >= 4 is 0 Å². The molecular weight excluding hydrogens is 254 g/mol. The van der Waals surface area contributed by atoms with Crippen LogP contribution in [0.4, 0.5) is 0 Å². The predicted molar refractivity (Wildman–Crippen MR) is 77.4 cm³/mol. The number of benzene rings is 1. The van der Waals surface area contributed by atoms with Crippen LogP contribution in [-0.2, 0) is 4.74 Å². The second-order valence-corrected chi connectivity index (χ2v) is 5.53. The van der Waals surface area contributed by atoms with Crippen LogP contribution in [0.1, 0.15) is 37.8 Å². The lowest BCUT2D eigenvalue weighted by Crippen LogP contribution is -2.31. The van der Waals surface area contributed by atoms with Gasteiger partial charge in [-0.15, -0.1) is 0 Å². The monoisotopic (exact) mass is 277 g/mol. The number of fused-ring (bicyclic) bond motifs is 1. The predicted octanol–water partition coefficient (Wildman–Crippen LogP) is 2.68. The van der Waals surface area contributed by atoms with Crippen LogP contribution in [0.2, 0.25) is 0 Å². The SMILES string of the molecule is CC(NC1CCCOCC1)c1ccc2c(c1)OCCO2. The number of nitrogens with one attached hydrogen (secondary N) is 1. The van der Waals surface area contributed by atoms with Crippen molar-refractivity contribution in [3.05, 3.63) is 23.8 Å². The largest absolute Gasteiger partial charge is 0.486 e. The van der Waals surface area contributed by atoms with Gasteiger partial charge in [-0.3, -0.25) is 0 Å². The zero-order valence-corrected chi connectivity index (χ0v) is 12.1. The first-order valence-electron chi connectivity index (χ1n) is 7.56. The average Bonchev–Trinajstić information content (AvgIpc) is 2.75. The van der Waals surface area contributed by atoms with E-state index in [-0.39, 0.29) is 0 Å². The minimum Gasteiger partial charge on any atom is -0.486 e. The maximum absolute atomic E-state index is 5.65. The van der Waals surface area contributed by atoms with Gasteiger partial charge in [0.05, 0.1) is 0 Å². The summed E-state index contributed by atoms with van der Waals surface area (Å²) < 4.78 is 16.7. The van der Waals surface area contributed by atoms with Crippen LogP contribution in [0.3, 0.4) is 0 Å². The van der Waals surface area contributed by atoms with Gasteiger partial charge in [0.25, 0.3) is 0 Å². The summed E-state index contributed by atoms with van der Waals surface area (Å²) in [5.74, 6) is 1.72. The van der Waals surface area contributed by atoms with Crippen molar-refractivity contribution in [2.45, 2.75) is 38.3 Å². The second kappa shape index (κ2) is 6.46. The van der Waals surface area contributed by atoms with Crippen LogP contribution in [0, 0.1) is 0 Å². The van der Waals surface area contributed by atoms with Crippen molar-refractivity contribution in [3.63, 3.8) is 0 Å². The third kappa shape index (κ3) is 3.25. The molecule has 2 atom stereocenters. The highest BCUT2D eigenvalue weighted by molar-refractivity contribution is 5.44. The van der Waals surface area contributed by atoms with E-state index in [1.54, 1.807) is 0 Å². The molecule has 2 heterocycles. The number of hydrogen-bond donors (Lipinski definition) is 1. The number of ether oxygens (including phenoxy) is 3. The fraction of sp³-hybridized carbons (Fsp3) is 0.625. The lowest BCUT2D eigenvalue weighted by Gasteiger charge is -2.24. The highest BCUT2D eigenvalue weighted by Gasteiger charge is 2.18. The fourth-order valence-corrected chi connectivity index (χ4v) is 2.85. The molecule has 0 saturated carbocycles. The van der Waals surface area contributed by atoms with Gasteiger partial charge < -0.3 is 19.5 Å². The molecule has 3 rings (SSSR count). The molecule has 2 aliphatic rings. The highest BCUT2D eigenvalue weighted by Crippen LogP contribution is 2.32. The van der Waals surface area contributed by atoms with Crippen LogP contribution in [0.15, 0.2) is 18.2 Å². The Morgan fingerprint density at radius 3 is 2.80 bits per heavy atom. The van der Waals surface area contributed by atoms with Crippen LogP contribution in [-0.4, -0.2) is 32.5 Å². The van der Waals surface area contributed by atoms with Crippen LogP contribution < -0.4 is 14.8 Å². The molecule has 1 fully saturated rings. The van der Waals surface area contributed by atoms with E-state index in [9.17, 15) is 0 Å². The quantitative estimate of drug-likeness (QED) is 0.922. The van der Waals surface area contributed by atoms with Gasteiger partial charge in [0, 0.05) is 25.3 Å². The van der Waals surface area contributed by atoms with E-state index in [1.165, 1.54) is 12.0 Å². The summed E-state index contributed by atoms with van der Waals surface area (Å²) in [4.78, 5) is 0. The van der Waals surface area contributed by atoms with E-state index in [2.05, 4.69) is 24.4 Å². The molecule has 4 nitrogen and oxygen atoms in total. The normalized spacial score (nSPS) is 23.9. The first kappa shape index (κ1) is 13.7. The second-order valence-electron chi connectivity index (χ2n) is 5.53. The van der Waals surface area contributed by atoms with Gasteiger partial charge in [-0.25, -0.2) is 0 Å². The van der Waals surface area contributed by atoms with Gasteiger partial charge in [-0.1, -0.05) is 6.07 Å². The smallest absolute Gasteiger partial charge is 0.161 e. The van der Waals surface area contributed by atoms with Crippen molar-refractivity contribution in [2.24, 2.45) is 0 Å². The topological polar surface area (TPSA) is 39.7 Å². The molecule has 0 spiro atoms. The molecule has 0 aromatic heterocycles. The van der Waals surface area contributed by atoms with Crippen molar-refractivity contribution < 1.29 is 14.2 Å².